The molecule has 0 radical (unpaired) electrons. The lowest BCUT2D eigenvalue weighted by Crippen LogP contribution is -2.39. The molecule has 0 amide bonds. The normalized spacial score (nSPS) is 14.3. The van der Waals surface area contributed by atoms with Crippen LogP contribution in [0.25, 0.3) is 0 Å². The fourth-order valence-electron chi connectivity index (χ4n) is 3.07. The molecule has 7 heteroatoms. The summed E-state index contributed by atoms with van der Waals surface area (Å²) in [6.45, 7) is 6.25. The highest BCUT2D eigenvalue weighted by molar-refractivity contribution is 14.0. The number of ether oxygens (including phenoxy) is 3. The molecule has 2 aromatic carbocycles. The minimum Gasteiger partial charge on any atom is -0.490 e. The van der Waals surface area contributed by atoms with Crippen LogP contribution in [0.3, 0.4) is 0 Å². The first-order valence-corrected chi connectivity index (χ1v) is 10.2. The Kier molecular flexibility index (Phi) is 10.8. The van der Waals surface area contributed by atoms with Gasteiger partial charge < -0.3 is 24.8 Å². The van der Waals surface area contributed by atoms with Crippen LogP contribution in [0.1, 0.15) is 24.5 Å². The van der Waals surface area contributed by atoms with Gasteiger partial charge in [0.1, 0.15) is 0 Å². The number of halogens is 1. The molecule has 30 heavy (non-hydrogen) atoms. The maximum atomic E-state index is 5.88. The molecule has 0 fully saturated rings. The lowest BCUT2D eigenvalue weighted by Gasteiger charge is -2.17. The molecule has 0 saturated heterocycles. The smallest absolute Gasteiger partial charge is 0.191 e. The summed E-state index contributed by atoms with van der Waals surface area (Å²) in [6, 6.07) is 16.2. The summed E-state index contributed by atoms with van der Waals surface area (Å²) in [7, 11) is 1.77. The number of benzene rings is 2. The molecule has 2 aromatic rings. The van der Waals surface area contributed by atoms with Crippen molar-refractivity contribution in [3.05, 3.63) is 59.7 Å². The number of hydrogen-bond acceptors (Lipinski definition) is 4. The molecule has 1 atom stereocenters. The SMILES string of the molecule is CN=C(NCc1cccc2c1OCCCO2)NCC(C)COCc1ccccc1.I. The third-order valence-electron chi connectivity index (χ3n) is 4.65. The monoisotopic (exact) mass is 525 g/mol. The van der Waals surface area contributed by atoms with Gasteiger partial charge in [0, 0.05) is 32.1 Å². The largest absolute Gasteiger partial charge is 0.490 e. The standard InChI is InChI=1S/C23H31N3O3.HI/c1-18(16-27-17-19-8-4-3-5-9-19)14-25-23(24-2)26-15-20-10-6-11-21-22(20)29-13-7-12-28-21;/h3-6,8-11,18H,7,12-17H2,1-2H3,(H2,24,25,26);1H. The van der Waals surface area contributed by atoms with Crippen molar-refractivity contribution >= 4 is 29.9 Å². The number of guanidine groups is 1. The van der Waals surface area contributed by atoms with Crippen LogP contribution in [0.4, 0.5) is 0 Å². The maximum Gasteiger partial charge on any atom is 0.191 e. The molecule has 1 aliphatic heterocycles. The fraction of sp³-hybridized carbons (Fsp3) is 0.435. The molecular formula is C23H32IN3O3. The van der Waals surface area contributed by atoms with E-state index in [1.165, 1.54) is 5.56 Å². The highest BCUT2D eigenvalue weighted by Crippen LogP contribution is 2.33. The predicted molar refractivity (Wildman–Crippen MR) is 131 cm³/mol. The highest BCUT2D eigenvalue weighted by Gasteiger charge is 2.14. The van der Waals surface area contributed by atoms with Crippen molar-refractivity contribution in [1.82, 2.24) is 10.6 Å². The molecule has 3 rings (SSSR count). The van der Waals surface area contributed by atoms with Crippen LogP contribution in [0.2, 0.25) is 0 Å². The van der Waals surface area contributed by atoms with Crippen molar-refractivity contribution in [2.24, 2.45) is 10.9 Å². The molecule has 0 bridgehead atoms. The van der Waals surface area contributed by atoms with E-state index in [2.05, 4.69) is 34.7 Å². The fourth-order valence-corrected chi connectivity index (χ4v) is 3.07. The number of hydrogen-bond donors (Lipinski definition) is 2. The second kappa shape index (κ2) is 13.3. The van der Waals surface area contributed by atoms with E-state index in [0.29, 0.717) is 38.9 Å². The average Bonchev–Trinajstić information content (AvgIpc) is 3.01. The van der Waals surface area contributed by atoms with E-state index in [1.54, 1.807) is 7.05 Å². The first kappa shape index (κ1) is 24.3. The van der Waals surface area contributed by atoms with Gasteiger partial charge in [-0.1, -0.05) is 49.4 Å². The van der Waals surface area contributed by atoms with Crippen LogP contribution < -0.4 is 20.1 Å². The first-order chi connectivity index (χ1) is 14.3. The molecule has 6 nitrogen and oxygen atoms in total. The van der Waals surface area contributed by atoms with Crippen LogP contribution in [0.5, 0.6) is 11.5 Å². The molecule has 0 aromatic heterocycles. The first-order valence-electron chi connectivity index (χ1n) is 10.2. The predicted octanol–water partition coefficient (Wildman–Crippen LogP) is 3.98. The van der Waals surface area contributed by atoms with Crippen LogP contribution in [-0.4, -0.2) is 39.4 Å². The number of para-hydroxylation sites is 1. The Morgan fingerprint density at radius 3 is 2.67 bits per heavy atom. The number of nitrogens with one attached hydrogen (secondary N) is 2. The van der Waals surface area contributed by atoms with Crippen LogP contribution in [0.15, 0.2) is 53.5 Å². The summed E-state index contributed by atoms with van der Waals surface area (Å²) >= 11 is 0. The van der Waals surface area contributed by atoms with Gasteiger partial charge in [0.2, 0.25) is 0 Å². The van der Waals surface area contributed by atoms with Crippen molar-refractivity contribution in [3.63, 3.8) is 0 Å². The molecule has 0 spiro atoms. The van der Waals surface area contributed by atoms with E-state index in [-0.39, 0.29) is 24.0 Å². The van der Waals surface area contributed by atoms with Crippen LogP contribution >= 0.6 is 24.0 Å². The third-order valence-corrected chi connectivity index (χ3v) is 4.65. The molecule has 1 heterocycles. The quantitative estimate of drug-likeness (QED) is 0.310. The van der Waals surface area contributed by atoms with E-state index in [1.807, 2.05) is 36.4 Å². The molecule has 2 N–H and O–H groups in total. The van der Waals surface area contributed by atoms with Gasteiger partial charge in [-0.25, -0.2) is 0 Å². The van der Waals surface area contributed by atoms with Gasteiger partial charge in [0.15, 0.2) is 17.5 Å². The van der Waals surface area contributed by atoms with Crippen molar-refractivity contribution in [2.45, 2.75) is 26.5 Å². The Hall–Kier alpha value is -2.00. The van der Waals surface area contributed by atoms with E-state index < -0.39 is 0 Å². The number of fused-ring (bicyclic) bond motifs is 1. The Labute approximate surface area is 196 Å². The van der Waals surface area contributed by atoms with Gasteiger partial charge in [0.05, 0.1) is 26.4 Å². The Morgan fingerprint density at radius 1 is 1.07 bits per heavy atom. The molecular weight excluding hydrogens is 493 g/mol. The van der Waals surface area contributed by atoms with Gasteiger partial charge >= 0.3 is 0 Å². The lowest BCUT2D eigenvalue weighted by atomic mass is 10.2. The zero-order valence-corrected chi connectivity index (χ0v) is 20.1. The minimum atomic E-state index is 0. The van der Waals surface area contributed by atoms with Gasteiger partial charge in [0.25, 0.3) is 0 Å². The van der Waals surface area contributed by atoms with Crippen molar-refractivity contribution in [2.75, 3.05) is 33.4 Å². The van der Waals surface area contributed by atoms with E-state index >= 15 is 0 Å². The molecule has 0 aliphatic carbocycles. The Bertz CT molecular complexity index is 787. The topological polar surface area (TPSA) is 64.1 Å². The van der Waals surface area contributed by atoms with Crippen molar-refractivity contribution < 1.29 is 14.2 Å². The second-order valence-corrected chi connectivity index (χ2v) is 7.21. The molecule has 164 valence electrons. The third kappa shape index (κ3) is 7.68. The van der Waals surface area contributed by atoms with Crippen molar-refractivity contribution in [1.29, 1.82) is 0 Å². The zero-order valence-electron chi connectivity index (χ0n) is 17.7. The van der Waals surface area contributed by atoms with Gasteiger partial charge in [-0.05, 0) is 17.5 Å². The average molecular weight is 525 g/mol. The number of nitrogens with zero attached hydrogens (tertiary/aromatic N) is 1. The van der Waals surface area contributed by atoms with Crippen LogP contribution in [-0.2, 0) is 17.9 Å². The summed E-state index contributed by atoms with van der Waals surface area (Å²) in [5.41, 5.74) is 2.25. The zero-order chi connectivity index (χ0) is 20.3. The lowest BCUT2D eigenvalue weighted by molar-refractivity contribution is 0.0931. The van der Waals surface area contributed by atoms with E-state index in [0.717, 1.165) is 36.0 Å². The Morgan fingerprint density at radius 2 is 1.87 bits per heavy atom. The number of rotatable bonds is 8. The van der Waals surface area contributed by atoms with E-state index in [9.17, 15) is 0 Å². The second-order valence-electron chi connectivity index (χ2n) is 7.21. The summed E-state index contributed by atoms with van der Waals surface area (Å²) in [5.74, 6) is 2.76. The maximum absolute atomic E-state index is 5.88. The van der Waals surface area contributed by atoms with Gasteiger partial charge in [-0.15, -0.1) is 24.0 Å². The number of aliphatic imine (C=N–C) groups is 1. The summed E-state index contributed by atoms with van der Waals surface area (Å²) in [6.07, 6.45) is 0.898. The van der Waals surface area contributed by atoms with E-state index in [4.69, 9.17) is 14.2 Å². The van der Waals surface area contributed by atoms with Gasteiger partial charge in [-0.2, -0.15) is 0 Å². The summed E-state index contributed by atoms with van der Waals surface area (Å²) in [4.78, 5) is 4.32. The van der Waals surface area contributed by atoms with Crippen molar-refractivity contribution in [3.8, 4) is 11.5 Å². The molecule has 1 aliphatic rings. The minimum absolute atomic E-state index is 0. The highest BCUT2D eigenvalue weighted by atomic mass is 127. The summed E-state index contributed by atoms with van der Waals surface area (Å²) in [5, 5.41) is 6.72. The summed E-state index contributed by atoms with van der Waals surface area (Å²) < 4.78 is 17.5. The van der Waals surface area contributed by atoms with Gasteiger partial charge in [-0.3, -0.25) is 4.99 Å². The molecule has 0 saturated carbocycles. The van der Waals surface area contributed by atoms with Crippen LogP contribution in [0, 0.1) is 5.92 Å². The Balaban J connectivity index is 0.00000320. The molecule has 1 unspecified atom stereocenters.